The number of nitrogens with one attached hydrogen (secondary N) is 1. The second kappa shape index (κ2) is 10.2. The fourth-order valence-corrected chi connectivity index (χ4v) is 2.57. The zero-order chi connectivity index (χ0) is 18.1. The molecule has 0 saturated carbocycles. The van der Waals surface area contributed by atoms with Gasteiger partial charge < -0.3 is 19.7 Å². The van der Waals surface area contributed by atoms with Gasteiger partial charge in [-0.25, -0.2) is 0 Å². The van der Waals surface area contributed by atoms with Crippen molar-refractivity contribution in [3.8, 4) is 5.75 Å². The van der Waals surface area contributed by atoms with E-state index in [0.29, 0.717) is 24.7 Å². The van der Waals surface area contributed by atoms with Crippen LogP contribution in [0.2, 0.25) is 0 Å². The van der Waals surface area contributed by atoms with Crippen molar-refractivity contribution in [3.05, 3.63) is 36.9 Å². The van der Waals surface area contributed by atoms with Crippen LogP contribution in [0, 0.1) is 0 Å². The minimum Gasteiger partial charge on any atom is -0.490 e. The summed E-state index contributed by atoms with van der Waals surface area (Å²) in [5.74, 6) is 0.484. The molecule has 1 fully saturated rings. The molecule has 1 N–H and O–H groups in total. The highest BCUT2D eigenvalue weighted by Gasteiger charge is 2.16. The largest absolute Gasteiger partial charge is 0.490 e. The molecule has 1 aromatic carbocycles. The van der Waals surface area contributed by atoms with Gasteiger partial charge in [0.25, 0.3) is 5.91 Å². The molecule has 0 radical (unpaired) electrons. The molecule has 1 unspecified atom stereocenters. The second-order valence-corrected chi connectivity index (χ2v) is 6.24. The number of rotatable bonds is 9. The molecule has 25 heavy (non-hydrogen) atoms. The standard InChI is InChI=1S/C19H29N3O3/c1-4-14-24-16(2)19(23)20-17-7-5-6-8-18(17)25-15-13-22-11-9-21(3)10-12-22/h4-8,16H,1,9-15H2,2-3H3,(H,20,23). The van der Waals surface area contributed by atoms with E-state index in [1.807, 2.05) is 24.3 Å². The van der Waals surface area contributed by atoms with Crippen LogP contribution in [-0.4, -0.2) is 74.8 Å². The molecule has 6 nitrogen and oxygen atoms in total. The van der Waals surface area contributed by atoms with Gasteiger partial charge in [0.2, 0.25) is 0 Å². The quantitative estimate of drug-likeness (QED) is 0.691. The van der Waals surface area contributed by atoms with Crippen LogP contribution in [0.1, 0.15) is 6.92 Å². The number of carbonyl (C=O) groups excluding carboxylic acids is 1. The monoisotopic (exact) mass is 347 g/mol. The van der Waals surface area contributed by atoms with E-state index in [0.717, 1.165) is 32.7 Å². The van der Waals surface area contributed by atoms with Crippen LogP contribution in [0.5, 0.6) is 5.75 Å². The highest BCUT2D eigenvalue weighted by molar-refractivity contribution is 5.95. The maximum Gasteiger partial charge on any atom is 0.253 e. The van der Waals surface area contributed by atoms with Gasteiger partial charge >= 0.3 is 0 Å². The van der Waals surface area contributed by atoms with Crippen LogP contribution in [0.4, 0.5) is 5.69 Å². The Labute approximate surface area is 150 Å². The summed E-state index contributed by atoms with van der Waals surface area (Å²) in [5, 5.41) is 2.87. The molecule has 138 valence electrons. The predicted molar refractivity (Wildman–Crippen MR) is 100 cm³/mol. The van der Waals surface area contributed by atoms with E-state index in [1.165, 1.54) is 0 Å². The summed E-state index contributed by atoms with van der Waals surface area (Å²) >= 11 is 0. The molecule has 1 aliphatic rings. The molecule has 2 rings (SSSR count). The number of hydrogen-bond acceptors (Lipinski definition) is 5. The summed E-state index contributed by atoms with van der Waals surface area (Å²) in [6.45, 7) is 11.4. The Hall–Kier alpha value is -1.89. The average molecular weight is 347 g/mol. The van der Waals surface area contributed by atoms with Crippen LogP contribution in [0.3, 0.4) is 0 Å². The van der Waals surface area contributed by atoms with E-state index in [-0.39, 0.29) is 5.91 Å². The van der Waals surface area contributed by atoms with Crippen molar-refractivity contribution in [1.29, 1.82) is 0 Å². The SMILES string of the molecule is C=CCOC(C)C(=O)Nc1ccccc1OCCN1CCN(C)CC1. The molecule has 1 heterocycles. The van der Waals surface area contributed by atoms with E-state index in [9.17, 15) is 4.79 Å². The Balaban J connectivity index is 1.83. The number of benzene rings is 1. The smallest absolute Gasteiger partial charge is 0.253 e. The zero-order valence-corrected chi connectivity index (χ0v) is 15.2. The molecule has 6 heteroatoms. The molecule has 0 spiro atoms. The van der Waals surface area contributed by atoms with E-state index in [2.05, 4.69) is 28.7 Å². The number of anilines is 1. The normalized spacial score (nSPS) is 17.0. The van der Waals surface area contributed by atoms with Crippen LogP contribution < -0.4 is 10.1 Å². The van der Waals surface area contributed by atoms with Gasteiger partial charge in [0.15, 0.2) is 0 Å². The first-order valence-corrected chi connectivity index (χ1v) is 8.76. The number of likely N-dealkylation sites (N-methyl/N-ethyl adjacent to an activating group) is 1. The summed E-state index contributed by atoms with van der Waals surface area (Å²) in [4.78, 5) is 16.9. The Morgan fingerprint density at radius 1 is 1.32 bits per heavy atom. The van der Waals surface area contributed by atoms with Gasteiger partial charge in [-0.15, -0.1) is 6.58 Å². The maximum absolute atomic E-state index is 12.2. The van der Waals surface area contributed by atoms with E-state index in [4.69, 9.17) is 9.47 Å². The Bertz CT molecular complexity index is 557. The van der Waals surface area contributed by atoms with Crippen molar-refractivity contribution in [2.24, 2.45) is 0 Å². The summed E-state index contributed by atoms with van der Waals surface area (Å²) in [6.07, 6.45) is 1.08. The highest BCUT2D eigenvalue weighted by Crippen LogP contribution is 2.24. The van der Waals surface area contributed by atoms with E-state index >= 15 is 0 Å². The highest BCUT2D eigenvalue weighted by atomic mass is 16.5. The van der Waals surface area contributed by atoms with Crippen LogP contribution >= 0.6 is 0 Å². The number of ether oxygens (including phenoxy) is 2. The minimum absolute atomic E-state index is 0.197. The third kappa shape index (κ3) is 6.49. The maximum atomic E-state index is 12.2. The molecule has 1 aliphatic heterocycles. The lowest BCUT2D eigenvalue weighted by Crippen LogP contribution is -2.45. The molecule has 1 aromatic rings. The fourth-order valence-electron chi connectivity index (χ4n) is 2.57. The first kappa shape index (κ1) is 19.4. The van der Waals surface area contributed by atoms with Gasteiger partial charge in [0.1, 0.15) is 18.5 Å². The lowest BCUT2D eigenvalue weighted by atomic mass is 10.2. The number of piperazine rings is 1. The molecular formula is C19H29N3O3. The molecule has 1 saturated heterocycles. The summed E-state index contributed by atoms with van der Waals surface area (Å²) < 4.78 is 11.3. The van der Waals surface area contributed by atoms with Crippen molar-refractivity contribution >= 4 is 11.6 Å². The zero-order valence-electron chi connectivity index (χ0n) is 15.2. The Kier molecular flexibility index (Phi) is 7.91. The molecule has 1 atom stereocenters. The number of amides is 1. The van der Waals surface area contributed by atoms with Gasteiger partial charge in [0, 0.05) is 32.7 Å². The van der Waals surface area contributed by atoms with Gasteiger partial charge in [-0.05, 0) is 26.1 Å². The molecule has 0 aliphatic carbocycles. The van der Waals surface area contributed by atoms with E-state index in [1.54, 1.807) is 13.0 Å². The van der Waals surface area contributed by atoms with Crippen molar-refractivity contribution in [2.75, 3.05) is 58.3 Å². The van der Waals surface area contributed by atoms with Crippen LogP contribution in [-0.2, 0) is 9.53 Å². The third-order valence-electron chi connectivity index (χ3n) is 4.24. The number of nitrogens with zero attached hydrogens (tertiary/aromatic N) is 2. The Morgan fingerprint density at radius 3 is 2.76 bits per heavy atom. The van der Waals surface area contributed by atoms with Crippen molar-refractivity contribution in [3.63, 3.8) is 0 Å². The molecule has 0 aromatic heterocycles. The Morgan fingerprint density at radius 2 is 2.04 bits per heavy atom. The predicted octanol–water partition coefficient (Wildman–Crippen LogP) is 1.84. The fraction of sp³-hybridized carbons (Fsp3) is 0.526. The topological polar surface area (TPSA) is 54.0 Å². The van der Waals surface area contributed by atoms with Gasteiger partial charge in [0.05, 0.1) is 12.3 Å². The first-order valence-electron chi connectivity index (χ1n) is 8.76. The lowest BCUT2D eigenvalue weighted by molar-refractivity contribution is -0.125. The van der Waals surface area contributed by atoms with Gasteiger partial charge in [-0.1, -0.05) is 18.2 Å². The second-order valence-electron chi connectivity index (χ2n) is 6.24. The van der Waals surface area contributed by atoms with Crippen LogP contribution in [0.25, 0.3) is 0 Å². The molecule has 0 bridgehead atoms. The minimum atomic E-state index is -0.545. The van der Waals surface area contributed by atoms with Crippen molar-refractivity contribution < 1.29 is 14.3 Å². The average Bonchev–Trinajstić information content (AvgIpc) is 2.62. The van der Waals surface area contributed by atoms with Crippen molar-refractivity contribution in [2.45, 2.75) is 13.0 Å². The van der Waals surface area contributed by atoms with Gasteiger partial charge in [-0.2, -0.15) is 0 Å². The number of carbonyl (C=O) groups is 1. The number of hydrogen-bond donors (Lipinski definition) is 1. The van der Waals surface area contributed by atoms with E-state index < -0.39 is 6.10 Å². The summed E-state index contributed by atoms with van der Waals surface area (Å²) in [7, 11) is 2.15. The lowest BCUT2D eigenvalue weighted by Gasteiger charge is -2.32. The van der Waals surface area contributed by atoms with Crippen LogP contribution in [0.15, 0.2) is 36.9 Å². The first-order chi connectivity index (χ1) is 12.1. The number of para-hydroxylation sites is 2. The van der Waals surface area contributed by atoms with Gasteiger partial charge in [-0.3, -0.25) is 9.69 Å². The molecule has 1 amide bonds. The summed E-state index contributed by atoms with van der Waals surface area (Å²) in [6, 6.07) is 7.48. The molecular weight excluding hydrogens is 318 g/mol. The van der Waals surface area contributed by atoms with Crippen molar-refractivity contribution in [1.82, 2.24) is 9.80 Å². The third-order valence-corrected chi connectivity index (χ3v) is 4.24. The summed E-state index contributed by atoms with van der Waals surface area (Å²) in [5.41, 5.74) is 0.667.